The molecule has 14 aromatic carbocycles. The summed E-state index contributed by atoms with van der Waals surface area (Å²) in [6.07, 6.45) is 0. The third-order valence-corrected chi connectivity index (χ3v) is 17.2. The van der Waals surface area contributed by atoms with Gasteiger partial charge in [-0.1, -0.05) is 158 Å². The van der Waals surface area contributed by atoms with Crippen molar-refractivity contribution < 1.29 is 8.83 Å². The number of fused-ring (bicyclic) bond motifs is 9. The molecule has 0 aliphatic carbocycles. The average molecular weight is 1180 g/mol. The van der Waals surface area contributed by atoms with E-state index in [0.717, 1.165) is 123 Å². The summed E-state index contributed by atoms with van der Waals surface area (Å²) >= 11 is 0. The fourth-order valence-corrected chi connectivity index (χ4v) is 12.9. The summed E-state index contributed by atoms with van der Waals surface area (Å²) < 4.78 is 15.1. The minimum atomic E-state index is 0.554. The molecule has 0 amide bonds. The number of benzene rings is 14. The van der Waals surface area contributed by atoms with Crippen LogP contribution in [0.5, 0.6) is 0 Å². The van der Waals surface area contributed by atoms with Crippen molar-refractivity contribution in [2.24, 2.45) is 0 Å². The minimum absolute atomic E-state index is 0.554. The molecule has 92 heavy (non-hydrogen) atoms. The van der Waals surface area contributed by atoms with Crippen molar-refractivity contribution >= 4 is 123 Å². The van der Waals surface area contributed by atoms with Gasteiger partial charge in [-0.2, -0.15) is 10.5 Å². The van der Waals surface area contributed by atoms with Crippen LogP contribution < -0.4 is 19.6 Å². The zero-order valence-electron chi connectivity index (χ0n) is 49.7. The average Bonchev–Trinajstić information content (AvgIpc) is 1.47. The molecule has 8 heteroatoms. The summed E-state index contributed by atoms with van der Waals surface area (Å²) in [4.78, 5) is 9.00. The van der Waals surface area contributed by atoms with Crippen LogP contribution >= 0.6 is 0 Å². The van der Waals surface area contributed by atoms with Crippen LogP contribution in [0.2, 0.25) is 0 Å². The number of hydrogen-bond donors (Lipinski definition) is 0. The summed E-state index contributed by atoms with van der Waals surface area (Å²) in [5.74, 6) is 0. The Morgan fingerprint density at radius 1 is 0.228 bits per heavy atom. The van der Waals surface area contributed by atoms with Gasteiger partial charge in [0.05, 0.1) is 34.6 Å². The predicted molar refractivity (Wildman–Crippen MR) is 378 cm³/mol. The molecule has 0 atom stereocenters. The maximum atomic E-state index is 10.1. The van der Waals surface area contributed by atoms with E-state index in [4.69, 9.17) is 8.83 Å². The first kappa shape index (κ1) is 54.5. The molecule has 432 valence electrons. The highest BCUT2D eigenvalue weighted by molar-refractivity contribution is 6.32. The van der Waals surface area contributed by atoms with E-state index >= 15 is 0 Å². The van der Waals surface area contributed by atoms with Gasteiger partial charge in [-0.05, 0) is 191 Å². The number of rotatable bonds is 14. The second-order valence-electron chi connectivity index (χ2n) is 22.7. The molecule has 0 spiro atoms. The zero-order chi connectivity index (χ0) is 61.5. The lowest BCUT2D eigenvalue weighted by Gasteiger charge is -2.27. The topological polar surface area (TPSA) is 86.8 Å². The van der Waals surface area contributed by atoms with Crippen molar-refractivity contribution in [2.45, 2.75) is 0 Å². The normalized spacial score (nSPS) is 11.2. The van der Waals surface area contributed by atoms with Crippen LogP contribution in [0.1, 0.15) is 11.1 Å². The smallest absolute Gasteiger partial charge is 0.160 e. The Morgan fingerprint density at radius 3 is 0.815 bits per heavy atom. The van der Waals surface area contributed by atoms with E-state index in [0.29, 0.717) is 33.5 Å². The fraction of sp³-hybridized carbons (Fsp3) is 0. The molecular weight excluding hydrogens is 1120 g/mol. The van der Waals surface area contributed by atoms with Crippen LogP contribution in [0.3, 0.4) is 0 Å². The Labute approximate surface area is 532 Å². The quantitative estimate of drug-likeness (QED) is 0.106. The molecule has 2 aromatic heterocycles. The maximum Gasteiger partial charge on any atom is 0.160 e. The van der Waals surface area contributed by atoms with Crippen molar-refractivity contribution in [2.75, 3.05) is 19.6 Å². The molecule has 0 aliphatic rings. The van der Waals surface area contributed by atoms with E-state index in [2.05, 4.69) is 250 Å². The highest BCUT2D eigenvalue weighted by Crippen LogP contribution is 2.53. The highest BCUT2D eigenvalue weighted by atomic mass is 16.3. The van der Waals surface area contributed by atoms with Gasteiger partial charge in [-0.25, -0.2) is 0 Å². The molecule has 0 fully saturated rings. The highest BCUT2D eigenvalue weighted by Gasteiger charge is 2.29. The van der Waals surface area contributed by atoms with Crippen molar-refractivity contribution in [3.63, 3.8) is 0 Å². The molecule has 2 heterocycles. The second-order valence-corrected chi connectivity index (χ2v) is 22.7. The van der Waals surface area contributed by atoms with E-state index < -0.39 is 0 Å². The van der Waals surface area contributed by atoms with Crippen molar-refractivity contribution in [1.82, 2.24) is 0 Å². The summed E-state index contributed by atoms with van der Waals surface area (Å²) in [5, 5.41) is 25.7. The molecule has 8 nitrogen and oxygen atoms in total. The molecule has 0 saturated carbocycles. The fourth-order valence-electron chi connectivity index (χ4n) is 12.9. The Balaban J connectivity index is 0.991. The van der Waals surface area contributed by atoms with E-state index in [-0.39, 0.29) is 0 Å². The van der Waals surface area contributed by atoms with Gasteiger partial charge < -0.3 is 28.4 Å². The number of hydrogen-bond acceptors (Lipinski definition) is 8. The lowest BCUT2D eigenvalue weighted by atomic mass is 9.96. The lowest BCUT2D eigenvalue weighted by molar-refractivity contribution is 0.668. The van der Waals surface area contributed by atoms with Gasteiger partial charge in [0.2, 0.25) is 0 Å². The van der Waals surface area contributed by atoms with Crippen LogP contribution in [-0.4, -0.2) is 0 Å². The molecule has 0 N–H and O–H groups in total. The first-order chi connectivity index (χ1) is 45.5. The van der Waals surface area contributed by atoms with Crippen LogP contribution in [0.25, 0.3) is 76.9 Å². The van der Waals surface area contributed by atoms with Gasteiger partial charge in [-0.3, -0.25) is 0 Å². The van der Waals surface area contributed by atoms with Gasteiger partial charge in [0, 0.05) is 90.6 Å². The zero-order valence-corrected chi connectivity index (χ0v) is 49.7. The largest absolute Gasteiger partial charge is 0.454 e. The molecule has 0 radical (unpaired) electrons. The SMILES string of the molecule is N#Cc1ccc(N(c2ccccc2)c2cc3c(cc(N(c4ccccc4)c4ccc(C#N)cc4)c4oc5cc(N(c6ccccc6)c6ccc(-c7ccccc7)cc6)ccc5c43)c3c2oc2cc(N(c4ccccc4)c4ccc(-c5ccccc5)cc4)ccc23)cc1. The van der Waals surface area contributed by atoms with Crippen LogP contribution in [0.4, 0.5) is 68.2 Å². The van der Waals surface area contributed by atoms with E-state index in [9.17, 15) is 10.5 Å². The molecular formula is C84H54N6O2. The van der Waals surface area contributed by atoms with Gasteiger partial charge in [0.1, 0.15) is 11.2 Å². The molecule has 0 saturated heterocycles. The van der Waals surface area contributed by atoms with Crippen LogP contribution in [-0.2, 0) is 0 Å². The third-order valence-electron chi connectivity index (χ3n) is 17.2. The number of anilines is 12. The van der Waals surface area contributed by atoms with Gasteiger partial charge in [0.15, 0.2) is 11.2 Å². The molecule has 0 unspecified atom stereocenters. The maximum absolute atomic E-state index is 10.1. The Bertz CT molecular complexity index is 5090. The first-order valence-corrected chi connectivity index (χ1v) is 30.6. The summed E-state index contributed by atoms with van der Waals surface area (Å²) in [6, 6.07) is 118. The van der Waals surface area contributed by atoms with E-state index in [1.165, 1.54) is 0 Å². The second kappa shape index (κ2) is 23.3. The number of furan rings is 2. The summed E-state index contributed by atoms with van der Waals surface area (Å²) in [6.45, 7) is 0. The van der Waals surface area contributed by atoms with E-state index in [1.807, 2.05) is 109 Å². The molecule has 16 aromatic rings. The Hall–Kier alpha value is -12.9. The summed E-state index contributed by atoms with van der Waals surface area (Å²) in [5.41, 5.74) is 19.2. The standard InChI is InChI=1S/C84H54N6O2/c85-55-57-31-39-69(40-32-57)89(65-27-15-5-16-28-65)77-54-76-75(81-73-49-47-71(51-79(73)91-83(77)81)87(63-23-11-3-12-24-63)67-43-35-61(36-44-67)59-19-7-1-8-20-59)53-78(90(66-29-17-6-18-30-66)70-41-33-58(56-86)34-42-70)84-82(76)74-50-48-72(52-80(74)92-84)88(64-25-13-4-14-26-64)68-45-37-62(38-46-68)60-21-9-2-10-22-60/h1-54H. The molecule has 0 bridgehead atoms. The minimum Gasteiger partial charge on any atom is -0.454 e. The molecule has 16 rings (SSSR count). The lowest BCUT2D eigenvalue weighted by Crippen LogP contribution is -2.11. The predicted octanol–water partition coefficient (Wildman–Crippen LogP) is 23.6. The number of para-hydroxylation sites is 4. The summed E-state index contributed by atoms with van der Waals surface area (Å²) in [7, 11) is 0. The van der Waals surface area contributed by atoms with Crippen molar-refractivity contribution in [1.29, 1.82) is 10.5 Å². The Morgan fingerprint density at radius 2 is 0.489 bits per heavy atom. The van der Waals surface area contributed by atoms with Gasteiger partial charge in [-0.15, -0.1) is 0 Å². The monoisotopic (exact) mass is 1180 g/mol. The third kappa shape index (κ3) is 9.84. The van der Waals surface area contributed by atoms with Crippen LogP contribution in [0.15, 0.2) is 336 Å². The molecule has 0 aliphatic heterocycles. The number of nitrogens with zero attached hydrogens (tertiary/aromatic N) is 6. The Kier molecular flexibility index (Phi) is 13.8. The van der Waals surface area contributed by atoms with Crippen molar-refractivity contribution in [3.8, 4) is 34.4 Å². The van der Waals surface area contributed by atoms with Crippen LogP contribution in [0, 0.1) is 22.7 Å². The van der Waals surface area contributed by atoms with Gasteiger partial charge >= 0.3 is 0 Å². The van der Waals surface area contributed by atoms with Gasteiger partial charge in [0.25, 0.3) is 0 Å². The van der Waals surface area contributed by atoms with Crippen molar-refractivity contribution in [3.05, 3.63) is 339 Å². The van der Waals surface area contributed by atoms with E-state index in [1.54, 1.807) is 0 Å². The number of nitriles is 2. The first-order valence-electron chi connectivity index (χ1n) is 30.6.